The van der Waals surface area contributed by atoms with Gasteiger partial charge in [-0.05, 0) is 36.4 Å². The van der Waals surface area contributed by atoms with E-state index >= 15 is 0 Å². The third-order valence-electron chi connectivity index (χ3n) is 4.71. The average Bonchev–Trinajstić information content (AvgIpc) is 2.83. The van der Waals surface area contributed by atoms with Gasteiger partial charge in [-0.25, -0.2) is 9.78 Å². The first-order chi connectivity index (χ1) is 15.1. The maximum absolute atomic E-state index is 12.8. The molecule has 0 aliphatic rings. The maximum Gasteiger partial charge on any atom is 0.339 e. The molecule has 0 aliphatic heterocycles. The lowest BCUT2D eigenvalue weighted by atomic mass is 10.0. The van der Waals surface area contributed by atoms with E-state index in [-0.39, 0.29) is 0 Å². The topological polar surface area (TPSA) is 77.5 Å². The highest BCUT2D eigenvalue weighted by molar-refractivity contribution is 6.05. The molecule has 0 bridgehead atoms. The van der Waals surface area contributed by atoms with Crippen LogP contribution in [0.4, 0.5) is 5.69 Å². The van der Waals surface area contributed by atoms with Gasteiger partial charge in [-0.15, -0.1) is 0 Å². The number of hydrogen-bond donors (Lipinski definition) is 1. The van der Waals surface area contributed by atoms with Crippen molar-refractivity contribution in [3.8, 4) is 17.0 Å². The summed E-state index contributed by atoms with van der Waals surface area (Å²) < 4.78 is 10.4. The number of pyridine rings is 1. The van der Waals surface area contributed by atoms with Crippen LogP contribution < -0.4 is 10.1 Å². The summed E-state index contributed by atoms with van der Waals surface area (Å²) >= 11 is 0. The smallest absolute Gasteiger partial charge is 0.339 e. The fourth-order valence-electron chi connectivity index (χ4n) is 3.18. The second-order valence-electron chi connectivity index (χ2n) is 6.79. The molecule has 0 spiro atoms. The van der Waals surface area contributed by atoms with Gasteiger partial charge in [-0.3, -0.25) is 4.79 Å². The molecule has 1 heterocycles. The summed E-state index contributed by atoms with van der Waals surface area (Å²) in [5.74, 6) is -0.330. The summed E-state index contributed by atoms with van der Waals surface area (Å²) in [7, 11) is 1.57. The van der Waals surface area contributed by atoms with E-state index in [0.717, 1.165) is 5.56 Å². The molecule has 0 radical (unpaired) electrons. The number of carbonyl (C=O) groups excluding carboxylic acids is 2. The van der Waals surface area contributed by atoms with E-state index in [4.69, 9.17) is 9.47 Å². The molecule has 0 aliphatic carbocycles. The van der Waals surface area contributed by atoms with Gasteiger partial charge in [0.1, 0.15) is 5.75 Å². The van der Waals surface area contributed by atoms with E-state index < -0.39 is 18.5 Å². The van der Waals surface area contributed by atoms with Gasteiger partial charge in [-0.1, -0.05) is 48.5 Å². The number of ether oxygens (including phenoxy) is 2. The number of esters is 1. The predicted octanol–water partition coefficient (Wildman–Crippen LogP) is 4.71. The van der Waals surface area contributed by atoms with Gasteiger partial charge in [0.05, 0.1) is 23.9 Å². The Morgan fingerprint density at radius 2 is 1.61 bits per heavy atom. The molecule has 3 aromatic carbocycles. The lowest BCUT2D eigenvalue weighted by Crippen LogP contribution is -2.21. The molecular formula is C25H20N2O4. The number of methoxy groups -OCH3 is 1. The highest BCUT2D eigenvalue weighted by atomic mass is 16.5. The Morgan fingerprint density at radius 3 is 2.35 bits per heavy atom. The van der Waals surface area contributed by atoms with E-state index in [9.17, 15) is 9.59 Å². The Hall–Kier alpha value is -4.19. The lowest BCUT2D eigenvalue weighted by molar-refractivity contribution is -0.119. The van der Waals surface area contributed by atoms with Gasteiger partial charge in [0.25, 0.3) is 5.91 Å². The zero-order valence-electron chi connectivity index (χ0n) is 16.9. The molecule has 1 amide bonds. The van der Waals surface area contributed by atoms with Crippen LogP contribution in [0, 0.1) is 0 Å². The van der Waals surface area contributed by atoms with Crippen LogP contribution in [-0.2, 0) is 9.53 Å². The number of para-hydroxylation sites is 1. The number of fused-ring (bicyclic) bond motifs is 1. The van der Waals surface area contributed by atoms with Crippen molar-refractivity contribution < 1.29 is 19.1 Å². The summed E-state index contributed by atoms with van der Waals surface area (Å²) in [6.07, 6.45) is 0. The first-order valence-electron chi connectivity index (χ1n) is 9.70. The van der Waals surface area contributed by atoms with Crippen molar-refractivity contribution in [2.24, 2.45) is 0 Å². The third kappa shape index (κ3) is 4.70. The third-order valence-corrected chi connectivity index (χ3v) is 4.71. The molecule has 0 saturated carbocycles. The molecule has 0 fully saturated rings. The number of anilines is 1. The second kappa shape index (κ2) is 9.09. The van der Waals surface area contributed by atoms with E-state index in [2.05, 4.69) is 10.3 Å². The predicted molar refractivity (Wildman–Crippen MR) is 119 cm³/mol. The largest absolute Gasteiger partial charge is 0.497 e. The van der Waals surface area contributed by atoms with Crippen LogP contribution in [0.5, 0.6) is 5.75 Å². The number of nitrogens with one attached hydrogen (secondary N) is 1. The highest BCUT2D eigenvalue weighted by Gasteiger charge is 2.16. The normalized spacial score (nSPS) is 10.5. The van der Waals surface area contributed by atoms with Crippen LogP contribution >= 0.6 is 0 Å². The molecule has 1 N–H and O–H groups in total. The Morgan fingerprint density at radius 1 is 0.903 bits per heavy atom. The maximum atomic E-state index is 12.8. The van der Waals surface area contributed by atoms with Crippen LogP contribution in [0.2, 0.25) is 0 Å². The van der Waals surface area contributed by atoms with Crippen molar-refractivity contribution in [1.82, 2.24) is 4.98 Å². The molecule has 0 atom stereocenters. The molecule has 4 aromatic rings. The summed E-state index contributed by atoms with van der Waals surface area (Å²) in [5, 5.41) is 3.36. The Balaban J connectivity index is 1.52. The van der Waals surface area contributed by atoms with Crippen molar-refractivity contribution in [3.05, 3.63) is 90.5 Å². The van der Waals surface area contributed by atoms with Crippen LogP contribution in [-0.4, -0.2) is 30.6 Å². The quantitative estimate of drug-likeness (QED) is 0.464. The zero-order valence-corrected chi connectivity index (χ0v) is 16.9. The molecular weight excluding hydrogens is 392 g/mol. The molecule has 1 aromatic heterocycles. The van der Waals surface area contributed by atoms with Gasteiger partial charge in [0, 0.05) is 16.6 Å². The molecule has 6 heteroatoms. The number of carbonyl (C=O) groups is 2. The van der Waals surface area contributed by atoms with Crippen LogP contribution in [0.3, 0.4) is 0 Å². The van der Waals surface area contributed by atoms with Crippen LogP contribution in [0.15, 0.2) is 84.9 Å². The highest BCUT2D eigenvalue weighted by Crippen LogP contribution is 2.25. The fraction of sp³-hybridized carbons (Fsp3) is 0.0800. The van der Waals surface area contributed by atoms with Crippen molar-refractivity contribution in [2.45, 2.75) is 0 Å². The number of benzene rings is 3. The van der Waals surface area contributed by atoms with Crippen LogP contribution in [0.25, 0.3) is 22.2 Å². The molecule has 0 unspecified atom stereocenters. The summed E-state index contributed by atoms with van der Waals surface area (Å²) in [5.41, 5.74) is 3.18. The van der Waals surface area contributed by atoms with Crippen molar-refractivity contribution in [2.75, 3.05) is 19.0 Å². The monoisotopic (exact) mass is 412 g/mol. The van der Waals surface area contributed by atoms with Gasteiger partial charge in [0.15, 0.2) is 6.61 Å². The molecule has 0 saturated heterocycles. The molecule has 31 heavy (non-hydrogen) atoms. The zero-order chi connectivity index (χ0) is 21.6. The fourth-order valence-corrected chi connectivity index (χ4v) is 3.18. The van der Waals surface area contributed by atoms with E-state index in [1.165, 1.54) is 0 Å². The SMILES string of the molecule is COc1ccc(NC(=O)COC(=O)c2cc(-c3ccccc3)nc3ccccc23)cc1. The van der Waals surface area contributed by atoms with Crippen LogP contribution in [0.1, 0.15) is 10.4 Å². The van der Waals surface area contributed by atoms with Crippen molar-refractivity contribution in [3.63, 3.8) is 0 Å². The number of hydrogen-bond acceptors (Lipinski definition) is 5. The minimum absolute atomic E-state index is 0.363. The van der Waals surface area contributed by atoms with Crippen molar-refractivity contribution in [1.29, 1.82) is 0 Å². The number of aromatic nitrogens is 1. The lowest BCUT2D eigenvalue weighted by Gasteiger charge is -2.10. The summed E-state index contributed by atoms with van der Waals surface area (Å²) in [6, 6.07) is 25.5. The minimum atomic E-state index is -0.583. The van der Waals surface area contributed by atoms with E-state index in [1.54, 1.807) is 37.4 Å². The molecule has 6 nitrogen and oxygen atoms in total. The second-order valence-corrected chi connectivity index (χ2v) is 6.79. The summed E-state index contributed by atoms with van der Waals surface area (Å²) in [6.45, 7) is -0.401. The number of amides is 1. The molecule has 154 valence electrons. The van der Waals surface area contributed by atoms with Gasteiger partial charge in [-0.2, -0.15) is 0 Å². The Bertz CT molecular complexity index is 1220. The first kappa shape index (κ1) is 20.1. The Kier molecular flexibility index (Phi) is 5.89. The van der Waals surface area contributed by atoms with Gasteiger partial charge in [0.2, 0.25) is 0 Å². The number of nitrogens with zero attached hydrogens (tertiary/aromatic N) is 1. The first-order valence-corrected chi connectivity index (χ1v) is 9.70. The van der Waals surface area contributed by atoms with Gasteiger partial charge < -0.3 is 14.8 Å². The van der Waals surface area contributed by atoms with Gasteiger partial charge >= 0.3 is 5.97 Å². The standard InChI is InChI=1S/C25H20N2O4/c1-30-19-13-11-18(12-14-19)26-24(28)16-31-25(29)21-15-23(17-7-3-2-4-8-17)27-22-10-6-5-9-20(21)22/h2-15H,16H2,1H3,(H,26,28). The number of rotatable bonds is 6. The van der Waals surface area contributed by atoms with E-state index in [0.29, 0.717) is 33.6 Å². The average molecular weight is 412 g/mol. The molecule has 4 rings (SSSR count). The van der Waals surface area contributed by atoms with Crippen molar-refractivity contribution >= 4 is 28.5 Å². The Labute approximate surface area is 179 Å². The minimum Gasteiger partial charge on any atom is -0.497 e. The van der Waals surface area contributed by atoms with E-state index in [1.807, 2.05) is 54.6 Å². The summed E-state index contributed by atoms with van der Waals surface area (Å²) in [4.78, 5) is 29.7.